The molecule has 4 heteroatoms. The minimum atomic E-state index is -0.0874. The van der Waals surface area contributed by atoms with Crippen molar-refractivity contribution in [2.45, 2.75) is 46.6 Å². The summed E-state index contributed by atoms with van der Waals surface area (Å²) in [4.78, 5) is 11.8. The predicted octanol–water partition coefficient (Wildman–Crippen LogP) is 4.05. The second-order valence-corrected chi connectivity index (χ2v) is 6.09. The van der Waals surface area contributed by atoms with E-state index in [1.165, 1.54) is 0 Å². The second-order valence-electron chi connectivity index (χ2n) is 6.09. The van der Waals surface area contributed by atoms with E-state index in [2.05, 4.69) is 19.2 Å². The molecular formula is C19H29NO3. The van der Waals surface area contributed by atoms with Crippen molar-refractivity contribution in [3.05, 3.63) is 29.8 Å². The molecule has 1 unspecified atom stereocenters. The number of methoxy groups -OCH3 is 1. The van der Waals surface area contributed by atoms with E-state index in [1.807, 2.05) is 32.0 Å². The number of amides is 1. The lowest BCUT2D eigenvalue weighted by Gasteiger charge is -2.12. The molecule has 1 rings (SSSR count). The first kappa shape index (κ1) is 19.1. The van der Waals surface area contributed by atoms with E-state index in [4.69, 9.17) is 9.47 Å². The molecule has 0 radical (unpaired) electrons. The van der Waals surface area contributed by atoms with E-state index in [0.29, 0.717) is 18.3 Å². The lowest BCUT2D eigenvalue weighted by atomic mass is 10.1. The SMILES string of the molecule is CCC(C)NC(=O)/C=C/c1ccc(OCCC(C)C)c(OC)c1. The van der Waals surface area contributed by atoms with Crippen LogP contribution in [0.3, 0.4) is 0 Å². The van der Waals surface area contributed by atoms with Gasteiger partial charge in [-0.15, -0.1) is 0 Å². The fourth-order valence-electron chi connectivity index (χ4n) is 1.88. The van der Waals surface area contributed by atoms with Gasteiger partial charge < -0.3 is 14.8 Å². The standard InChI is InChI=1S/C19H29NO3/c1-6-15(4)20-19(21)10-8-16-7-9-17(18(13-16)22-5)23-12-11-14(2)3/h7-10,13-15H,6,11-12H2,1-5H3,(H,20,21)/b10-8+. The maximum absolute atomic E-state index is 11.8. The average Bonchev–Trinajstić information content (AvgIpc) is 2.53. The molecule has 0 aliphatic rings. The van der Waals surface area contributed by atoms with Crippen molar-refractivity contribution in [1.82, 2.24) is 5.32 Å². The number of carbonyl (C=O) groups excluding carboxylic acids is 1. The normalized spacial score (nSPS) is 12.4. The van der Waals surface area contributed by atoms with E-state index in [-0.39, 0.29) is 11.9 Å². The Kier molecular flexibility index (Phi) is 8.23. The highest BCUT2D eigenvalue weighted by atomic mass is 16.5. The molecule has 4 nitrogen and oxygen atoms in total. The Morgan fingerprint density at radius 3 is 2.61 bits per heavy atom. The molecule has 1 N–H and O–H groups in total. The van der Waals surface area contributed by atoms with Crippen LogP contribution in [-0.2, 0) is 4.79 Å². The van der Waals surface area contributed by atoms with E-state index in [0.717, 1.165) is 24.2 Å². The lowest BCUT2D eigenvalue weighted by Crippen LogP contribution is -2.30. The number of benzene rings is 1. The predicted molar refractivity (Wildman–Crippen MR) is 94.9 cm³/mol. The van der Waals surface area contributed by atoms with E-state index < -0.39 is 0 Å². The monoisotopic (exact) mass is 319 g/mol. The number of nitrogens with one attached hydrogen (secondary N) is 1. The zero-order chi connectivity index (χ0) is 17.2. The van der Waals surface area contributed by atoms with E-state index >= 15 is 0 Å². The molecule has 0 aliphatic heterocycles. The van der Waals surface area contributed by atoms with E-state index in [9.17, 15) is 4.79 Å². The second kappa shape index (κ2) is 9.93. The molecule has 0 bridgehead atoms. The molecule has 0 aromatic heterocycles. The van der Waals surface area contributed by atoms with Crippen molar-refractivity contribution in [1.29, 1.82) is 0 Å². The van der Waals surface area contributed by atoms with Gasteiger partial charge in [-0.25, -0.2) is 0 Å². The Balaban J connectivity index is 2.69. The van der Waals surface area contributed by atoms with Crippen LogP contribution in [0, 0.1) is 5.92 Å². The van der Waals surface area contributed by atoms with Gasteiger partial charge in [-0.2, -0.15) is 0 Å². The molecule has 23 heavy (non-hydrogen) atoms. The van der Waals surface area contributed by atoms with Crippen molar-refractivity contribution in [2.75, 3.05) is 13.7 Å². The maximum Gasteiger partial charge on any atom is 0.244 e. The summed E-state index contributed by atoms with van der Waals surface area (Å²) in [5.41, 5.74) is 0.900. The summed E-state index contributed by atoms with van der Waals surface area (Å²) < 4.78 is 11.1. The van der Waals surface area contributed by atoms with Crippen molar-refractivity contribution in [3.8, 4) is 11.5 Å². The maximum atomic E-state index is 11.8. The van der Waals surface area contributed by atoms with Gasteiger partial charge in [-0.1, -0.05) is 26.8 Å². The van der Waals surface area contributed by atoms with Gasteiger partial charge in [0.2, 0.25) is 5.91 Å². The smallest absolute Gasteiger partial charge is 0.244 e. The first-order chi connectivity index (χ1) is 11.0. The Morgan fingerprint density at radius 2 is 2.00 bits per heavy atom. The average molecular weight is 319 g/mol. The van der Waals surface area contributed by atoms with Crippen LogP contribution < -0.4 is 14.8 Å². The molecule has 1 aromatic carbocycles. The van der Waals surface area contributed by atoms with Gasteiger partial charge in [-0.3, -0.25) is 4.79 Å². The molecule has 1 aromatic rings. The van der Waals surface area contributed by atoms with Gasteiger partial charge >= 0.3 is 0 Å². The summed E-state index contributed by atoms with van der Waals surface area (Å²) in [6.07, 6.45) is 5.23. The number of hydrogen-bond acceptors (Lipinski definition) is 3. The fraction of sp³-hybridized carbons (Fsp3) is 0.526. The minimum Gasteiger partial charge on any atom is -0.493 e. The van der Waals surface area contributed by atoms with Crippen LogP contribution >= 0.6 is 0 Å². The zero-order valence-electron chi connectivity index (χ0n) is 14.9. The Hall–Kier alpha value is -1.97. The molecule has 0 saturated carbocycles. The van der Waals surface area contributed by atoms with Crippen molar-refractivity contribution in [3.63, 3.8) is 0 Å². The quantitative estimate of drug-likeness (QED) is 0.699. The molecule has 0 aliphatic carbocycles. The van der Waals surface area contributed by atoms with Gasteiger partial charge in [0, 0.05) is 12.1 Å². The summed E-state index contributed by atoms with van der Waals surface area (Å²) in [6.45, 7) is 9.02. The third-order valence-corrected chi connectivity index (χ3v) is 3.57. The van der Waals surface area contributed by atoms with Crippen molar-refractivity contribution in [2.24, 2.45) is 5.92 Å². The lowest BCUT2D eigenvalue weighted by molar-refractivity contribution is -0.117. The van der Waals surface area contributed by atoms with Gasteiger partial charge in [0.05, 0.1) is 13.7 Å². The van der Waals surface area contributed by atoms with Crippen LogP contribution in [0.15, 0.2) is 24.3 Å². The summed E-state index contributed by atoms with van der Waals surface area (Å²) >= 11 is 0. The number of ether oxygens (including phenoxy) is 2. The minimum absolute atomic E-state index is 0.0874. The third kappa shape index (κ3) is 7.22. The fourth-order valence-corrected chi connectivity index (χ4v) is 1.88. The largest absolute Gasteiger partial charge is 0.493 e. The van der Waals surface area contributed by atoms with Gasteiger partial charge in [0.25, 0.3) is 0 Å². The molecule has 0 heterocycles. The van der Waals surface area contributed by atoms with Gasteiger partial charge in [-0.05, 0) is 49.5 Å². The summed E-state index contributed by atoms with van der Waals surface area (Å²) in [5.74, 6) is 1.93. The van der Waals surface area contributed by atoms with Gasteiger partial charge in [0.15, 0.2) is 11.5 Å². The summed E-state index contributed by atoms with van der Waals surface area (Å²) in [5, 5.41) is 2.90. The van der Waals surface area contributed by atoms with Crippen LogP contribution in [0.2, 0.25) is 0 Å². The molecule has 0 spiro atoms. The van der Waals surface area contributed by atoms with Crippen LogP contribution in [0.4, 0.5) is 0 Å². The third-order valence-electron chi connectivity index (χ3n) is 3.57. The summed E-state index contributed by atoms with van der Waals surface area (Å²) in [6, 6.07) is 5.85. The Bertz CT molecular complexity index is 523. The molecule has 1 amide bonds. The molecule has 1 atom stereocenters. The molecule has 0 saturated heterocycles. The molecule has 128 valence electrons. The number of hydrogen-bond donors (Lipinski definition) is 1. The molecule has 0 fully saturated rings. The first-order valence-corrected chi connectivity index (χ1v) is 8.25. The van der Waals surface area contributed by atoms with Crippen molar-refractivity contribution >= 4 is 12.0 Å². The van der Waals surface area contributed by atoms with Crippen molar-refractivity contribution < 1.29 is 14.3 Å². The first-order valence-electron chi connectivity index (χ1n) is 8.25. The number of carbonyl (C=O) groups is 1. The van der Waals surface area contributed by atoms with Crippen LogP contribution in [0.1, 0.15) is 46.1 Å². The molecular weight excluding hydrogens is 290 g/mol. The summed E-state index contributed by atoms with van der Waals surface area (Å²) in [7, 11) is 1.62. The zero-order valence-corrected chi connectivity index (χ0v) is 14.9. The van der Waals surface area contributed by atoms with Crippen LogP contribution in [-0.4, -0.2) is 25.7 Å². The Morgan fingerprint density at radius 1 is 1.26 bits per heavy atom. The van der Waals surface area contributed by atoms with Crippen LogP contribution in [0.25, 0.3) is 6.08 Å². The van der Waals surface area contributed by atoms with Gasteiger partial charge in [0.1, 0.15) is 0 Å². The topological polar surface area (TPSA) is 47.6 Å². The van der Waals surface area contributed by atoms with Crippen LogP contribution in [0.5, 0.6) is 11.5 Å². The highest BCUT2D eigenvalue weighted by Crippen LogP contribution is 2.28. The number of rotatable bonds is 9. The van der Waals surface area contributed by atoms with E-state index in [1.54, 1.807) is 19.3 Å². The highest BCUT2D eigenvalue weighted by Gasteiger charge is 2.06. The highest BCUT2D eigenvalue weighted by molar-refractivity contribution is 5.91. The Labute approximate surface area is 139 Å².